The molecule has 0 bridgehead atoms. The van der Waals surface area contributed by atoms with Crippen LogP contribution in [0.1, 0.15) is 13.8 Å². The van der Waals surface area contributed by atoms with Gasteiger partial charge in [0.2, 0.25) is 0 Å². The summed E-state index contributed by atoms with van der Waals surface area (Å²) in [6.45, 7) is 3.91. The van der Waals surface area contributed by atoms with Crippen molar-refractivity contribution in [1.82, 2.24) is 0 Å². The second-order valence-corrected chi connectivity index (χ2v) is 5.22. The van der Waals surface area contributed by atoms with Crippen LogP contribution in [0.15, 0.2) is 52.3 Å². The Bertz CT molecular complexity index is 603. The fourth-order valence-electron chi connectivity index (χ4n) is 2.27. The van der Waals surface area contributed by atoms with Crippen LogP contribution in [-0.4, -0.2) is 30.4 Å². The Morgan fingerprint density at radius 1 is 1.37 bits per heavy atom. The lowest BCUT2D eigenvalue weighted by atomic mass is 9.91. The van der Waals surface area contributed by atoms with Crippen LogP contribution in [0.5, 0.6) is 0 Å². The summed E-state index contributed by atoms with van der Waals surface area (Å²) in [4.78, 5) is 16.1. The van der Waals surface area contributed by atoms with Gasteiger partial charge in [0.1, 0.15) is 11.4 Å². The molecule has 0 aromatic carbocycles. The molecule has 19 heavy (non-hydrogen) atoms. The molecule has 3 aliphatic rings. The first kappa shape index (κ1) is 12.1. The number of carbonyl (C=O) groups excluding carboxylic acids is 1. The lowest BCUT2D eigenvalue weighted by molar-refractivity contribution is -0.114. The van der Waals surface area contributed by atoms with Gasteiger partial charge < -0.3 is 9.47 Å². The molecule has 0 saturated carbocycles. The summed E-state index contributed by atoms with van der Waals surface area (Å²) in [5, 5.41) is 0. The zero-order valence-corrected chi connectivity index (χ0v) is 11.1. The molecular weight excluding hydrogens is 242 g/mol. The highest BCUT2D eigenvalue weighted by Gasteiger charge is 2.34. The number of aliphatic imine (C=N–C) groups is 1. The number of fused-ring (bicyclic) bond motifs is 2. The Hall–Kier alpha value is -1.94. The number of carbonyl (C=O) groups is 1. The summed E-state index contributed by atoms with van der Waals surface area (Å²) in [7, 11) is 1.64. The van der Waals surface area contributed by atoms with Gasteiger partial charge in [-0.15, -0.1) is 0 Å². The van der Waals surface area contributed by atoms with Gasteiger partial charge in [-0.1, -0.05) is 0 Å². The van der Waals surface area contributed by atoms with Crippen LogP contribution in [0, 0.1) is 0 Å². The zero-order chi connectivity index (χ0) is 13.6. The SMILES string of the molecule is COC1C=CC2=NC(=O)C3=C(OC(C)(C)C=C3)C2=C1. The van der Waals surface area contributed by atoms with Crippen LogP contribution < -0.4 is 0 Å². The fourth-order valence-corrected chi connectivity index (χ4v) is 2.27. The Labute approximate surface area is 111 Å². The third-order valence-corrected chi connectivity index (χ3v) is 3.28. The summed E-state index contributed by atoms with van der Waals surface area (Å²) in [5.41, 5.74) is 1.57. The van der Waals surface area contributed by atoms with E-state index in [0.29, 0.717) is 17.0 Å². The minimum Gasteiger partial charge on any atom is -0.482 e. The molecule has 1 aliphatic carbocycles. The standard InChI is InChI=1S/C15H15NO3/c1-15(2)7-6-10-13(19-15)11-8-9(18-3)4-5-12(11)16-14(10)17/h4-9H,1-3H3. The molecular formula is C15H15NO3. The first-order valence-corrected chi connectivity index (χ1v) is 6.19. The highest BCUT2D eigenvalue weighted by Crippen LogP contribution is 2.35. The molecule has 1 atom stereocenters. The Kier molecular flexibility index (Phi) is 2.57. The molecule has 2 aliphatic heterocycles. The Balaban J connectivity index is 2.10. The fraction of sp³-hybridized carbons (Fsp3) is 0.333. The lowest BCUT2D eigenvalue weighted by Crippen LogP contribution is -2.31. The van der Waals surface area contributed by atoms with Gasteiger partial charge in [0.05, 0.1) is 17.4 Å². The maximum atomic E-state index is 12.0. The topological polar surface area (TPSA) is 47.9 Å². The number of hydrogen-bond acceptors (Lipinski definition) is 3. The van der Waals surface area contributed by atoms with Gasteiger partial charge in [-0.3, -0.25) is 4.79 Å². The van der Waals surface area contributed by atoms with Crippen LogP contribution >= 0.6 is 0 Å². The molecule has 1 amide bonds. The third-order valence-electron chi connectivity index (χ3n) is 3.28. The molecule has 0 saturated heterocycles. The first-order chi connectivity index (χ1) is 9.00. The molecule has 0 spiro atoms. The lowest BCUT2D eigenvalue weighted by Gasteiger charge is -2.33. The van der Waals surface area contributed by atoms with E-state index in [1.165, 1.54) is 0 Å². The highest BCUT2D eigenvalue weighted by molar-refractivity contribution is 6.22. The van der Waals surface area contributed by atoms with Crippen LogP contribution in [-0.2, 0) is 14.3 Å². The summed E-state index contributed by atoms with van der Waals surface area (Å²) in [6, 6.07) is 0. The van der Waals surface area contributed by atoms with E-state index in [4.69, 9.17) is 9.47 Å². The van der Waals surface area contributed by atoms with Crippen molar-refractivity contribution in [3.63, 3.8) is 0 Å². The predicted octanol–water partition coefficient (Wildman–Crippen LogP) is 2.10. The van der Waals surface area contributed by atoms with Gasteiger partial charge in [-0.05, 0) is 44.2 Å². The maximum Gasteiger partial charge on any atom is 0.281 e. The van der Waals surface area contributed by atoms with Crippen molar-refractivity contribution in [1.29, 1.82) is 0 Å². The monoisotopic (exact) mass is 257 g/mol. The summed E-state index contributed by atoms with van der Waals surface area (Å²) < 4.78 is 11.2. The summed E-state index contributed by atoms with van der Waals surface area (Å²) >= 11 is 0. The van der Waals surface area contributed by atoms with Crippen LogP contribution in [0.2, 0.25) is 0 Å². The van der Waals surface area contributed by atoms with E-state index in [-0.39, 0.29) is 12.0 Å². The number of rotatable bonds is 1. The minimum absolute atomic E-state index is 0.117. The van der Waals surface area contributed by atoms with E-state index < -0.39 is 5.60 Å². The number of allylic oxidation sites excluding steroid dienone is 2. The highest BCUT2D eigenvalue weighted by atomic mass is 16.5. The van der Waals surface area contributed by atoms with Crippen molar-refractivity contribution in [3.8, 4) is 0 Å². The predicted molar refractivity (Wildman–Crippen MR) is 71.8 cm³/mol. The van der Waals surface area contributed by atoms with Gasteiger partial charge in [-0.2, -0.15) is 0 Å². The van der Waals surface area contributed by atoms with Gasteiger partial charge in [-0.25, -0.2) is 4.99 Å². The number of nitrogens with zero attached hydrogens (tertiary/aromatic N) is 1. The van der Waals surface area contributed by atoms with Gasteiger partial charge >= 0.3 is 0 Å². The summed E-state index contributed by atoms with van der Waals surface area (Å²) in [6.07, 6.45) is 9.15. The maximum absolute atomic E-state index is 12.0. The molecule has 4 nitrogen and oxygen atoms in total. The third kappa shape index (κ3) is 1.98. The average Bonchev–Trinajstić information content (AvgIpc) is 2.37. The molecule has 0 radical (unpaired) electrons. The minimum atomic E-state index is -0.424. The molecule has 3 rings (SSSR count). The van der Waals surface area contributed by atoms with Crippen molar-refractivity contribution in [2.24, 2.45) is 4.99 Å². The van der Waals surface area contributed by atoms with E-state index in [0.717, 1.165) is 5.57 Å². The second kappa shape index (κ2) is 4.03. The number of methoxy groups -OCH3 is 1. The molecule has 98 valence electrons. The van der Waals surface area contributed by atoms with Gasteiger partial charge in [0.25, 0.3) is 5.91 Å². The number of ether oxygens (including phenoxy) is 2. The molecule has 0 fully saturated rings. The smallest absolute Gasteiger partial charge is 0.281 e. The van der Waals surface area contributed by atoms with Crippen molar-refractivity contribution in [3.05, 3.63) is 47.3 Å². The zero-order valence-electron chi connectivity index (χ0n) is 11.1. The van der Waals surface area contributed by atoms with Crippen molar-refractivity contribution < 1.29 is 14.3 Å². The van der Waals surface area contributed by atoms with Crippen molar-refractivity contribution >= 4 is 11.6 Å². The summed E-state index contributed by atoms with van der Waals surface area (Å²) in [5.74, 6) is 0.350. The molecule has 1 unspecified atom stereocenters. The average molecular weight is 257 g/mol. The molecule has 0 N–H and O–H groups in total. The molecule has 0 aromatic heterocycles. The number of dihydropyridines is 1. The van der Waals surface area contributed by atoms with Gasteiger partial charge in [0.15, 0.2) is 0 Å². The van der Waals surface area contributed by atoms with Crippen LogP contribution in [0.3, 0.4) is 0 Å². The van der Waals surface area contributed by atoms with E-state index in [9.17, 15) is 4.79 Å². The van der Waals surface area contributed by atoms with Crippen molar-refractivity contribution in [2.75, 3.05) is 7.11 Å². The quantitative estimate of drug-likeness (QED) is 0.722. The van der Waals surface area contributed by atoms with E-state index in [1.807, 2.05) is 32.1 Å². The molecule has 0 aromatic rings. The molecule has 4 heteroatoms. The Morgan fingerprint density at radius 2 is 2.16 bits per heavy atom. The second-order valence-electron chi connectivity index (χ2n) is 5.22. The van der Waals surface area contributed by atoms with E-state index in [2.05, 4.69) is 4.99 Å². The Morgan fingerprint density at radius 3 is 2.89 bits per heavy atom. The van der Waals surface area contributed by atoms with E-state index >= 15 is 0 Å². The van der Waals surface area contributed by atoms with Crippen LogP contribution in [0.25, 0.3) is 0 Å². The number of hydrogen-bond donors (Lipinski definition) is 0. The van der Waals surface area contributed by atoms with Crippen LogP contribution in [0.4, 0.5) is 0 Å². The molecule has 2 heterocycles. The largest absolute Gasteiger partial charge is 0.482 e. The van der Waals surface area contributed by atoms with Gasteiger partial charge in [0, 0.05) is 12.7 Å². The number of amides is 1. The van der Waals surface area contributed by atoms with E-state index in [1.54, 1.807) is 19.3 Å². The van der Waals surface area contributed by atoms with Crippen molar-refractivity contribution in [2.45, 2.75) is 25.6 Å². The normalized spacial score (nSPS) is 27.3. The first-order valence-electron chi connectivity index (χ1n) is 6.19.